The van der Waals surface area contributed by atoms with Crippen molar-refractivity contribution in [3.63, 3.8) is 0 Å². The van der Waals surface area contributed by atoms with E-state index in [4.69, 9.17) is 30.6 Å². The Hall–Kier alpha value is -4.62. The molecule has 1 aliphatic carbocycles. The molecule has 0 radical (unpaired) electrons. The number of hydrogen-bond acceptors (Lipinski definition) is 9. The Labute approximate surface area is 346 Å². The number of thioether (sulfide) groups is 1. The molecular formula is C45H69NO10S. The number of fused-ring (bicyclic) bond motifs is 1. The maximum atomic E-state index is 14.1. The zero-order chi connectivity index (χ0) is 45.5. The number of benzene rings is 1. The number of nitrogens with two attached hydrogens (primary N) is 1. The Kier molecular flexibility index (Phi) is 34.7. The van der Waals surface area contributed by atoms with E-state index in [1.165, 1.54) is 13.0 Å². The molecule has 57 heavy (non-hydrogen) atoms. The molecule has 320 valence electrons. The number of amides is 1. The number of aryl methyl sites for hydroxylation is 1. The van der Waals surface area contributed by atoms with E-state index in [1.807, 2.05) is 55.9 Å². The van der Waals surface area contributed by atoms with Crippen molar-refractivity contribution < 1.29 is 49.1 Å². The van der Waals surface area contributed by atoms with E-state index in [1.54, 1.807) is 0 Å². The van der Waals surface area contributed by atoms with Crippen LogP contribution in [0.5, 0.6) is 0 Å². The summed E-state index contributed by atoms with van der Waals surface area (Å²) < 4.78 is 5.67. The third-order valence-corrected chi connectivity index (χ3v) is 11.0. The molecule has 1 aromatic rings. The zero-order valence-corrected chi connectivity index (χ0v) is 36.3. The Bertz CT molecular complexity index is 1440. The van der Waals surface area contributed by atoms with E-state index >= 15 is 0 Å². The van der Waals surface area contributed by atoms with Crippen LogP contribution in [0.4, 0.5) is 0 Å². The Balaban J connectivity index is -0.000000409. The summed E-state index contributed by atoms with van der Waals surface area (Å²) in [5.74, 6) is -0.966. The number of esters is 1. The van der Waals surface area contributed by atoms with Crippen LogP contribution in [0.1, 0.15) is 99.5 Å². The van der Waals surface area contributed by atoms with E-state index in [2.05, 4.69) is 66.5 Å². The zero-order valence-electron chi connectivity index (χ0n) is 35.5. The molecule has 0 aromatic heterocycles. The van der Waals surface area contributed by atoms with Gasteiger partial charge in [-0.3, -0.25) is 24.0 Å². The van der Waals surface area contributed by atoms with Gasteiger partial charge in [0.05, 0.1) is 11.5 Å². The van der Waals surface area contributed by atoms with Crippen molar-refractivity contribution in [3.05, 3.63) is 71.8 Å². The predicted octanol–water partition coefficient (Wildman–Crippen LogP) is 7.29. The highest BCUT2D eigenvalue weighted by Crippen LogP contribution is 2.52. The normalized spacial score (nSPS) is 24.7. The Morgan fingerprint density at radius 2 is 1.54 bits per heavy atom. The Morgan fingerprint density at radius 1 is 1.04 bits per heavy atom. The number of ketones is 1. The highest BCUT2D eigenvalue weighted by Gasteiger charge is 2.56. The lowest BCUT2D eigenvalue weighted by molar-refractivity contribution is -0.166. The maximum Gasteiger partial charge on any atom is 0.303 e. The molecule has 1 fully saturated rings. The highest BCUT2D eigenvalue weighted by molar-refractivity contribution is 7.99. The number of Topliss-reactive ketones (excluding diaryl/α,β-unsaturated/α-hetero) is 1. The number of aliphatic carboxylic acids is 2. The number of allylic oxidation sites excluding steroid dienone is 1. The van der Waals surface area contributed by atoms with Crippen LogP contribution in [-0.2, 0) is 35.1 Å². The number of carbonyl (C=O) groups excluding carboxylic acids is 3. The van der Waals surface area contributed by atoms with Crippen LogP contribution < -0.4 is 5.73 Å². The molecule has 7 atom stereocenters. The number of terminal acetylenes is 2. The predicted molar refractivity (Wildman–Crippen MR) is 232 cm³/mol. The number of carbonyl (C=O) groups is 5. The van der Waals surface area contributed by atoms with Crippen LogP contribution in [0.15, 0.2) is 66.3 Å². The largest absolute Gasteiger partial charge is 0.481 e. The molecule has 1 heterocycles. The van der Waals surface area contributed by atoms with Gasteiger partial charge >= 0.3 is 11.9 Å². The maximum absolute atomic E-state index is 14.1. The number of primary amides is 1. The molecule has 1 aromatic carbocycles. The summed E-state index contributed by atoms with van der Waals surface area (Å²) in [4.78, 5) is 55.2. The molecule has 3 rings (SSSR count). The van der Waals surface area contributed by atoms with Crippen LogP contribution in [0.3, 0.4) is 0 Å². The fourth-order valence-electron chi connectivity index (χ4n) is 6.56. The quantitative estimate of drug-likeness (QED) is 0.0580. The smallest absolute Gasteiger partial charge is 0.303 e. The van der Waals surface area contributed by atoms with Gasteiger partial charge in [0.15, 0.2) is 11.9 Å². The van der Waals surface area contributed by atoms with Gasteiger partial charge in [0, 0.05) is 38.2 Å². The molecule has 0 saturated heterocycles. The molecule has 0 spiro atoms. The first-order valence-corrected chi connectivity index (χ1v) is 19.7. The first-order valence-electron chi connectivity index (χ1n) is 18.6. The summed E-state index contributed by atoms with van der Waals surface area (Å²) in [6, 6.07) is 9.62. The van der Waals surface area contributed by atoms with E-state index in [0.717, 1.165) is 55.8 Å². The summed E-state index contributed by atoms with van der Waals surface area (Å²) in [6.45, 7) is 21.7. The van der Waals surface area contributed by atoms with Crippen molar-refractivity contribution in [2.24, 2.45) is 28.9 Å². The van der Waals surface area contributed by atoms with Crippen LogP contribution >= 0.6 is 11.8 Å². The van der Waals surface area contributed by atoms with Gasteiger partial charge in [-0.25, -0.2) is 0 Å². The molecule has 12 heteroatoms. The lowest BCUT2D eigenvalue weighted by Crippen LogP contribution is -2.58. The van der Waals surface area contributed by atoms with Crippen LogP contribution in [0.2, 0.25) is 0 Å². The molecule has 1 saturated carbocycles. The van der Waals surface area contributed by atoms with Gasteiger partial charge in [-0.05, 0) is 80.6 Å². The van der Waals surface area contributed by atoms with Gasteiger partial charge in [0.1, 0.15) is 0 Å². The van der Waals surface area contributed by atoms with Crippen molar-refractivity contribution in [3.8, 4) is 25.7 Å². The second-order valence-electron chi connectivity index (χ2n) is 13.4. The van der Waals surface area contributed by atoms with Gasteiger partial charge in [-0.2, -0.15) is 11.8 Å². The summed E-state index contributed by atoms with van der Waals surface area (Å²) in [6.07, 6.45) is 20.8. The summed E-state index contributed by atoms with van der Waals surface area (Å²) in [5.41, 5.74) is 7.22. The SMILES string of the molecule is C#C.C#C.C=CC(=C)C(N)=O.CC(=O)O.CC/C1=C(/C)CC[C@@H](C)SCC2[C@H](CC)[C@H](C)C[C@H](O)[C@@]2(C)C(=O)[C@@H]1OC(C)=O.CO.O=C(O)CCc1ccccc1. The van der Waals surface area contributed by atoms with Crippen molar-refractivity contribution in [1.82, 2.24) is 0 Å². The second kappa shape index (κ2) is 33.5. The second-order valence-corrected chi connectivity index (χ2v) is 14.8. The number of carboxylic acids is 2. The van der Waals surface area contributed by atoms with Crippen molar-refractivity contribution >= 4 is 41.4 Å². The number of hydrogen-bond donors (Lipinski definition) is 5. The summed E-state index contributed by atoms with van der Waals surface area (Å²) in [5, 5.41) is 34.5. The third kappa shape index (κ3) is 22.6. The van der Waals surface area contributed by atoms with Gasteiger partial charge in [-0.1, -0.05) is 89.3 Å². The minimum atomic E-state index is -0.912. The van der Waals surface area contributed by atoms with E-state index < -0.39 is 41.4 Å². The molecule has 1 unspecified atom stereocenters. The van der Waals surface area contributed by atoms with Crippen molar-refractivity contribution in [2.45, 2.75) is 118 Å². The first kappa shape index (κ1) is 59.1. The standard InChI is InChI=1S/C24H40O4S.C9H10O2.C5H7NO.C2H4O2.2C2H2.CH4O/c1-8-18-15(4)12-21(26)24(7)20(18)13-29-16(5)11-10-14(3)19(9-2)22(23(24)27)28-17(6)25;10-9(11)7-6-8-4-2-1-3-5-8;1-3-4(2)5(6)7;1-2(3)4;3*1-2/h15-16,18,20-22,26H,8-13H2,1-7H3;1-5H,6-7H2,(H,10,11);3H,1-2H2,(H2,6,7);1H3,(H,3,4);2*1-2H;2H,1H3/b19-14+;;;;;;/t15-,16-,18-,20?,21+,22-,24+;;;;;;/m1....../s1. The minimum Gasteiger partial charge on any atom is -0.481 e. The number of aliphatic hydroxyl groups excluding tert-OH is 2. The van der Waals surface area contributed by atoms with Gasteiger partial charge < -0.3 is 30.9 Å². The molecule has 6 N–H and O–H groups in total. The lowest BCUT2D eigenvalue weighted by atomic mass is 9.55. The van der Waals surface area contributed by atoms with Crippen molar-refractivity contribution in [2.75, 3.05) is 12.9 Å². The minimum absolute atomic E-state index is 0.0702. The summed E-state index contributed by atoms with van der Waals surface area (Å²) in [7, 11) is 1.00. The molecule has 1 amide bonds. The van der Waals surface area contributed by atoms with Crippen LogP contribution in [0, 0.1) is 48.9 Å². The van der Waals surface area contributed by atoms with Gasteiger partial charge in [-0.15, -0.1) is 25.7 Å². The number of carboxylic acid groups (broad SMARTS) is 2. The number of aliphatic hydroxyl groups is 2. The number of ether oxygens (including phenoxy) is 1. The monoisotopic (exact) mass is 815 g/mol. The van der Waals surface area contributed by atoms with Crippen LogP contribution in [-0.4, -0.2) is 80.3 Å². The van der Waals surface area contributed by atoms with E-state index in [9.17, 15) is 24.3 Å². The van der Waals surface area contributed by atoms with Crippen LogP contribution in [0.25, 0.3) is 0 Å². The Morgan fingerprint density at radius 3 is 1.93 bits per heavy atom. The van der Waals surface area contributed by atoms with E-state index in [0.29, 0.717) is 36.3 Å². The lowest BCUT2D eigenvalue weighted by Gasteiger charge is -2.51. The molecule has 11 nitrogen and oxygen atoms in total. The fourth-order valence-corrected chi connectivity index (χ4v) is 7.97. The third-order valence-electron chi connectivity index (χ3n) is 9.59. The van der Waals surface area contributed by atoms with E-state index in [-0.39, 0.29) is 23.7 Å². The van der Waals surface area contributed by atoms with Crippen molar-refractivity contribution in [1.29, 1.82) is 0 Å². The molecule has 0 bridgehead atoms. The average molecular weight is 816 g/mol. The summed E-state index contributed by atoms with van der Waals surface area (Å²) >= 11 is 1.93. The number of rotatable bonds is 8. The molecule has 2 aliphatic rings. The average Bonchev–Trinajstić information content (AvgIpc) is 3.19. The van der Waals surface area contributed by atoms with Gasteiger partial charge in [0.2, 0.25) is 5.91 Å². The topological polar surface area (TPSA) is 202 Å². The molecule has 1 aliphatic heterocycles. The first-order chi connectivity index (χ1) is 26.8. The van der Waals surface area contributed by atoms with Gasteiger partial charge in [0.25, 0.3) is 5.97 Å². The fraction of sp³-hybridized carbons (Fsp3) is 0.533. The highest BCUT2D eigenvalue weighted by atomic mass is 32.2. The molecular weight excluding hydrogens is 747 g/mol.